The van der Waals surface area contributed by atoms with E-state index in [0.29, 0.717) is 5.88 Å². The fourth-order valence-electron chi connectivity index (χ4n) is 3.08. The third-order valence-electron chi connectivity index (χ3n) is 5.06. The van der Waals surface area contributed by atoms with Crippen LogP contribution in [0.15, 0.2) is 55.1 Å². The van der Waals surface area contributed by atoms with Gasteiger partial charge in [0.05, 0.1) is 24.7 Å². The van der Waals surface area contributed by atoms with E-state index in [2.05, 4.69) is 25.3 Å². The van der Waals surface area contributed by atoms with E-state index >= 15 is 0 Å². The van der Waals surface area contributed by atoms with Crippen molar-refractivity contribution in [1.29, 1.82) is 0 Å². The molecule has 0 fully saturated rings. The van der Waals surface area contributed by atoms with Crippen LogP contribution in [0.1, 0.15) is 0 Å². The summed E-state index contributed by atoms with van der Waals surface area (Å²) in [6, 6.07) is 9.62. The number of anilines is 2. The Morgan fingerprint density at radius 1 is 0.745 bits per heavy atom. The molecule has 5 N–H and O–H groups in total. The second-order valence-electron chi connectivity index (χ2n) is 8.25. The number of aliphatic carboxylic acids is 3. The molecule has 0 aliphatic carbocycles. The number of nitrogens with zero attached hydrogens (tertiary/aromatic N) is 4. The Balaban J connectivity index is 0.000000301. The molecule has 0 saturated heterocycles. The van der Waals surface area contributed by atoms with Gasteiger partial charge in [-0.15, -0.1) is 0 Å². The van der Waals surface area contributed by atoms with E-state index in [-0.39, 0.29) is 0 Å². The van der Waals surface area contributed by atoms with Crippen molar-refractivity contribution in [3.05, 3.63) is 55.1 Å². The minimum absolute atomic E-state index is 0.567. The van der Waals surface area contributed by atoms with Crippen LogP contribution in [0, 0.1) is 0 Å². The lowest BCUT2D eigenvalue weighted by Gasteiger charge is -2.07. The average Bonchev–Trinajstić information content (AvgIpc) is 3.37. The van der Waals surface area contributed by atoms with Gasteiger partial charge in [-0.05, 0) is 24.3 Å². The van der Waals surface area contributed by atoms with Crippen LogP contribution in [0.25, 0.3) is 33.9 Å². The number of aromatic amines is 1. The predicted molar refractivity (Wildman–Crippen MR) is 139 cm³/mol. The van der Waals surface area contributed by atoms with Gasteiger partial charge in [-0.1, -0.05) is 0 Å². The lowest BCUT2D eigenvalue weighted by molar-refractivity contribution is -0.193. The number of rotatable bonds is 2. The molecule has 0 spiro atoms. The summed E-state index contributed by atoms with van der Waals surface area (Å²) < 4.78 is 100. The Labute approximate surface area is 254 Å². The molecule has 47 heavy (non-hydrogen) atoms. The van der Waals surface area contributed by atoms with Gasteiger partial charge in [0.2, 0.25) is 5.88 Å². The second kappa shape index (κ2) is 14.9. The van der Waals surface area contributed by atoms with Gasteiger partial charge in [0.25, 0.3) is 0 Å². The number of halogens is 9. The van der Waals surface area contributed by atoms with Crippen molar-refractivity contribution in [1.82, 2.24) is 24.9 Å². The van der Waals surface area contributed by atoms with Gasteiger partial charge in [-0.3, -0.25) is 4.98 Å². The number of carbonyl (C=O) groups is 3. The number of hydrogen-bond acceptors (Lipinski definition) is 9. The fraction of sp³-hybridized carbons (Fsp3) is 0.160. The highest BCUT2D eigenvalue weighted by molar-refractivity contribution is 5.95. The fourth-order valence-corrected chi connectivity index (χ4v) is 3.08. The normalized spacial score (nSPS) is 11.4. The van der Waals surface area contributed by atoms with E-state index < -0.39 is 36.4 Å². The first-order chi connectivity index (χ1) is 21.7. The van der Waals surface area contributed by atoms with Crippen molar-refractivity contribution in [3.8, 4) is 39.8 Å². The van der Waals surface area contributed by atoms with Crippen molar-refractivity contribution >= 4 is 29.4 Å². The number of nitrogens with one attached hydrogen (secondary N) is 2. The SMILES string of the molecule is COc1ccc(-c2nc3c([nH]2)-c2ccncc2Nc2ncccc2-3)cn1.O=C(O)C(F)(F)F.O=C(O)C(F)(F)F.O=C(O)C(F)(F)F. The number of hydrogen-bond donors (Lipinski definition) is 5. The summed E-state index contributed by atoms with van der Waals surface area (Å²) in [6.45, 7) is 0. The monoisotopic (exact) mass is 684 g/mol. The standard InChI is InChI=1S/C19H14N6O.3C2HF3O2/c1-26-15-5-4-11(9-22-15)18-24-16-12-6-8-20-10-14(12)23-19-13(17(16)25-18)3-2-7-21-19;3*3-2(4,5)1(6)7/h2-10H,1H3,(H,21,23)(H,24,25);3*(H,6,7). The van der Waals surface area contributed by atoms with Crippen LogP contribution in [-0.2, 0) is 14.4 Å². The number of imidazole rings is 1. The maximum atomic E-state index is 10.6. The number of carboxylic acids is 3. The van der Waals surface area contributed by atoms with E-state index in [1.807, 2.05) is 30.3 Å². The van der Waals surface area contributed by atoms with E-state index in [1.165, 1.54) is 0 Å². The predicted octanol–water partition coefficient (Wildman–Crippen LogP) is 5.56. The topological polar surface area (TPSA) is 201 Å². The lowest BCUT2D eigenvalue weighted by atomic mass is 10.1. The van der Waals surface area contributed by atoms with Crippen molar-refractivity contribution in [2.75, 3.05) is 12.4 Å². The Bertz CT molecular complexity index is 1590. The van der Waals surface area contributed by atoms with E-state index in [9.17, 15) is 39.5 Å². The van der Waals surface area contributed by atoms with E-state index in [1.54, 1.807) is 31.9 Å². The molecule has 1 aliphatic heterocycles. The van der Waals surface area contributed by atoms with Crippen LogP contribution < -0.4 is 10.1 Å². The Morgan fingerprint density at radius 2 is 1.30 bits per heavy atom. The van der Waals surface area contributed by atoms with Crippen molar-refractivity contribution in [2.45, 2.75) is 18.5 Å². The molecule has 0 unspecified atom stereocenters. The highest BCUT2D eigenvalue weighted by Gasteiger charge is 2.39. The maximum Gasteiger partial charge on any atom is 0.490 e. The first kappa shape index (κ1) is 37.2. The zero-order valence-electron chi connectivity index (χ0n) is 22.9. The van der Waals surface area contributed by atoms with Crippen molar-refractivity contribution < 1.29 is 74.0 Å². The van der Waals surface area contributed by atoms with E-state index in [0.717, 1.165) is 45.4 Å². The van der Waals surface area contributed by atoms with Gasteiger partial charge < -0.3 is 30.4 Å². The summed E-state index contributed by atoms with van der Waals surface area (Å²) in [7, 11) is 1.60. The highest BCUT2D eigenvalue weighted by Crippen LogP contribution is 2.42. The van der Waals surface area contributed by atoms with Crippen LogP contribution in [-0.4, -0.2) is 83.8 Å². The molecular weight excluding hydrogens is 667 g/mol. The number of ether oxygens (including phenoxy) is 1. The van der Waals surface area contributed by atoms with Crippen molar-refractivity contribution in [2.24, 2.45) is 0 Å². The zero-order valence-corrected chi connectivity index (χ0v) is 22.9. The molecule has 22 heteroatoms. The third-order valence-corrected chi connectivity index (χ3v) is 5.06. The van der Waals surface area contributed by atoms with Crippen LogP contribution in [0.5, 0.6) is 5.88 Å². The van der Waals surface area contributed by atoms with Gasteiger partial charge in [-0.2, -0.15) is 39.5 Å². The molecule has 0 amide bonds. The van der Waals surface area contributed by atoms with Gasteiger partial charge in [0, 0.05) is 41.3 Å². The third kappa shape index (κ3) is 10.6. The lowest BCUT2D eigenvalue weighted by Crippen LogP contribution is -2.21. The van der Waals surface area contributed by atoms with Crippen molar-refractivity contribution in [3.63, 3.8) is 0 Å². The van der Waals surface area contributed by atoms with Crippen LogP contribution >= 0.6 is 0 Å². The molecule has 0 saturated carbocycles. The molecule has 4 aromatic rings. The van der Waals surface area contributed by atoms with Gasteiger partial charge in [0.1, 0.15) is 17.3 Å². The van der Waals surface area contributed by atoms with Crippen LogP contribution in [0.2, 0.25) is 0 Å². The Kier molecular flexibility index (Phi) is 11.8. The Morgan fingerprint density at radius 3 is 1.77 bits per heavy atom. The number of aromatic nitrogens is 5. The molecule has 0 radical (unpaired) electrons. The number of carboxylic acid groups (broad SMARTS) is 3. The molecular formula is C25H17F9N6O7. The summed E-state index contributed by atoms with van der Waals surface area (Å²) in [4.78, 5) is 47.9. The number of alkyl halides is 9. The second-order valence-corrected chi connectivity index (χ2v) is 8.25. The molecule has 5 heterocycles. The van der Waals surface area contributed by atoms with Gasteiger partial charge >= 0.3 is 36.4 Å². The minimum Gasteiger partial charge on any atom is -0.481 e. The first-order valence-corrected chi connectivity index (χ1v) is 11.8. The average molecular weight is 684 g/mol. The zero-order chi connectivity index (χ0) is 35.7. The van der Waals surface area contributed by atoms with Crippen LogP contribution in [0.3, 0.4) is 0 Å². The summed E-state index contributed by atoms with van der Waals surface area (Å²) in [5.41, 5.74) is 5.46. The quantitative estimate of drug-likeness (QED) is 0.145. The summed E-state index contributed by atoms with van der Waals surface area (Å²) in [5.74, 6) is -6.21. The molecule has 0 bridgehead atoms. The molecule has 0 aromatic carbocycles. The smallest absolute Gasteiger partial charge is 0.481 e. The molecule has 13 nitrogen and oxygen atoms in total. The molecule has 4 aromatic heterocycles. The molecule has 252 valence electrons. The summed E-state index contributed by atoms with van der Waals surface area (Å²) in [5, 5.41) is 24.7. The Hall–Kier alpha value is -5.96. The molecule has 0 atom stereocenters. The molecule has 5 rings (SSSR count). The minimum atomic E-state index is -5.08. The summed E-state index contributed by atoms with van der Waals surface area (Å²) in [6.07, 6.45) is -8.19. The van der Waals surface area contributed by atoms with E-state index in [4.69, 9.17) is 39.4 Å². The van der Waals surface area contributed by atoms with Gasteiger partial charge in [-0.25, -0.2) is 29.3 Å². The van der Waals surface area contributed by atoms with Gasteiger partial charge in [0.15, 0.2) is 0 Å². The number of methoxy groups -OCH3 is 1. The molecule has 1 aliphatic rings. The number of fused-ring (bicyclic) bond motifs is 5. The summed E-state index contributed by atoms with van der Waals surface area (Å²) >= 11 is 0. The largest absolute Gasteiger partial charge is 0.490 e. The maximum absolute atomic E-state index is 10.6. The highest BCUT2D eigenvalue weighted by atomic mass is 19.4. The number of pyridine rings is 3. The first-order valence-electron chi connectivity index (χ1n) is 11.8. The number of H-pyrrole nitrogens is 1. The van der Waals surface area contributed by atoms with Crippen LogP contribution in [0.4, 0.5) is 51.0 Å².